The lowest BCUT2D eigenvalue weighted by atomic mass is 10.00. The molecule has 0 bridgehead atoms. The van der Waals surface area contributed by atoms with Crippen LogP contribution in [0, 0.1) is 0 Å². The topological polar surface area (TPSA) is 60.7 Å². The van der Waals surface area contributed by atoms with E-state index in [1.165, 1.54) is 11.8 Å². The Morgan fingerprint density at radius 3 is 2.37 bits per heavy atom. The zero-order valence-corrected chi connectivity index (χ0v) is 17.3. The summed E-state index contributed by atoms with van der Waals surface area (Å²) in [5.74, 6) is -0.349. The molecule has 0 aliphatic carbocycles. The number of nitrogens with zero attached hydrogens (tertiary/aromatic N) is 2. The number of esters is 1. The molecule has 0 N–H and O–H groups in total. The SMILES string of the molecule is CCOC(=O)CSc1nn2ccccc2c1C(=O)c1ccc(-c2ccccc2)cc1. The zero-order chi connectivity index (χ0) is 20.9. The van der Waals surface area contributed by atoms with Crippen LogP contribution in [0.5, 0.6) is 0 Å². The van der Waals surface area contributed by atoms with Crippen LogP contribution >= 0.6 is 11.8 Å². The molecule has 4 rings (SSSR count). The van der Waals surface area contributed by atoms with Crippen molar-refractivity contribution in [1.29, 1.82) is 0 Å². The van der Waals surface area contributed by atoms with Gasteiger partial charge in [-0.3, -0.25) is 9.59 Å². The summed E-state index contributed by atoms with van der Waals surface area (Å²) >= 11 is 1.22. The van der Waals surface area contributed by atoms with Gasteiger partial charge in [0, 0.05) is 11.8 Å². The summed E-state index contributed by atoms with van der Waals surface area (Å²) in [5.41, 5.74) is 3.92. The van der Waals surface area contributed by atoms with Gasteiger partial charge in [0.05, 0.1) is 23.4 Å². The van der Waals surface area contributed by atoms with E-state index in [1.54, 1.807) is 17.6 Å². The number of carbonyl (C=O) groups excluding carboxylic acids is 2. The highest BCUT2D eigenvalue weighted by Crippen LogP contribution is 2.29. The molecular weight excluding hydrogens is 396 g/mol. The Morgan fingerprint density at radius 2 is 1.63 bits per heavy atom. The predicted molar refractivity (Wildman–Crippen MR) is 118 cm³/mol. The van der Waals surface area contributed by atoms with Crippen molar-refractivity contribution in [3.63, 3.8) is 0 Å². The lowest BCUT2D eigenvalue weighted by Gasteiger charge is -2.05. The van der Waals surface area contributed by atoms with Crippen molar-refractivity contribution in [2.24, 2.45) is 0 Å². The maximum atomic E-state index is 13.4. The van der Waals surface area contributed by atoms with Crippen LogP contribution in [0.25, 0.3) is 16.6 Å². The summed E-state index contributed by atoms with van der Waals surface area (Å²) in [6, 6.07) is 23.1. The van der Waals surface area contributed by atoms with Gasteiger partial charge in [-0.2, -0.15) is 5.10 Å². The van der Waals surface area contributed by atoms with Gasteiger partial charge in [0.15, 0.2) is 5.78 Å². The fourth-order valence-corrected chi connectivity index (χ4v) is 4.04. The first-order valence-electron chi connectivity index (χ1n) is 9.63. The average molecular weight is 417 g/mol. The van der Waals surface area contributed by atoms with Crippen molar-refractivity contribution in [2.75, 3.05) is 12.4 Å². The number of benzene rings is 2. The molecule has 0 aliphatic heterocycles. The Labute approximate surface area is 178 Å². The average Bonchev–Trinajstić information content (AvgIpc) is 3.16. The highest BCUT2D eigenvalue weighted by atomic mass is 32.2. The molecule has 0 saturated carbocycles. The summed E-state index contributed by atoms with van der Waals surface area (Å²) < 4.78 is 6.66. The van der Waals surface area contributed by atoms with Gasteiger partial charge in [-0.15, -0.1) is 0 Å². The molecule has 30 heavy (non-hydrogen) atoms. The molecule has 0 spiro atoms. The van der Waals surface area contributed by atoms with E-state index < -0.39 is 0 Å². The van der Waals surface area contributed by atoms with Crippen molar-refractivity contribution in [2.45, 2.75) is 11.9 Å². The summed E-state index contributed by atoms with van der Waals surface area (Å²) in [6.07, 6.45) is 1.79. The molecule has 2 heterocycles. The first-order valence-corrected chi connectivity index (χ1v) is 10.6. The third-order valence-corrected chi connectivity index (χ3v) is 5.56. The Balaban J connectivity index is 1.66. The second-order valence-electron chi connectivity index (χ2n) is 6.58. The number of thioether (sulfide) groups is 1. The van der Waals surface area contributed by atoms with E-state index in [9.17, 15) is 9.59 Å². The quantitative estimate of drug-likeness (QED) is 0.244. The molecule has 4 aromatic rings. The second kappa shape index (κ2) is 8.97. The molecular formula is C24H20N2O3S. The number of ketones is 1. The van der Waals surface area contributed by atoms with E-state index in [0.29, 0.717) is 28.3 Å². The number of carbonyl (C=O) groups is 2. The van der Waals surface area contributed by atoms with Gasteiger partial charge in [0.1, 0.15) is 5.03 Å². The minimum atomic E-state index is -0.329. The first kappa shape index (κ1) is 19.9. The number of hydrogen-bond acceptors (Lipinski definition) is 5. The molecule has 6 heteroatoms. The number of ether oxygens (including phenoxy) is 1. The maximum absolute atomic E-state index is 13.4. The summed E-state index contributed by atoms with van der Waals surface area (Å²) in [5, 5.41) is 5.03. The predicted octanol–water partition coefficient (Wildman–Crippen LogP) is 4.89. The van der Waals surface area contributed by atoms with Crippen molar-refractivity contribution >= 4 is 29.0 Å². The first-order chi connectivity index (χ1) is 14.7. The summed E-state index contributed by atoms with van der Waals surface area (Å²) in [4.78, 5) is 25.2. The summed E-state index contributed by atoms with van der Waals surface area (Å²) in [7, 11) is 0. The van der Waals surface area contributed by atoms with Crippen LogP contribution in [0.15, 0.2) is 84.0 Å². The molecule has 2 aromatic carbocycles. The minimum Gasteiger partial charge on any atom is -0.465 e. The van der Waals surface area contributed by atoms with E-state index in [1.807, 2.05) is 72.8 Å². The van der Waals surface area contributed by atoms with Crippen LogP contribution in [0.1, 0.15) is 22.8 Å². The molecule has 0 saturated heterocycles. The minimum absolute atomic E-state index is 0.102. The van der Waals surface area contributed by atoms with Gasteiger partial charge < -0.3 is 4.74 Å². The molecule has 0 aliphatic rings. The smallest absolute Gasteiger partial charge is 0.316 e. The summed E-state index contributed by atoms with van der Waals surface area (Å²) in [6.45, 7) is 2.09. The van der Waals surface area contributed by atoms with Crippen LogP contribution in [0.3, 0.4) is 0 Å². The Bertz CT molecular complexity index is 1180. The molecule has 0 fully saturated rings. The molecule has 0 amide bonds. The van der Waals surface area contributed by atoms with Crippen molar-refractivity contribution in [1.82, 2.24) is 9.61 Å². The largest absolute Gasteiger partial charge is 0.465 e. The molecule has 0 unspecified atom stereocenters. The van der Waals surface area contributed by atoms with E-state index >= 15 is 0 Å². The van der Waals surface area contributed by atoms with Crippen molar-refractivity contribution < 1.29 is 14.3 Å². The van der Waals surface area contributed by atoms with Crippen LogP contribution in [0.4, 0.5) is 0 Å². The number of aromatic nitrogens is 2. The van der Waals surface area contributed by atoms with Crippen molar-refractivity contribution in [3.05, 3.63) is 90.1 Å². The Kier molecular flexibility index (Phi) is 5.95. The van der Waals surface area contributed by atoms with E-state index in [0.717, 1.165) is 11.1 Å². The molecule has 150 valence electrons. The third kappa shape index (κ3) is 4.14. The van der Waals surface area contributed by atoms with Crippen LogP contribution in [0.2, 0.25) is 0 Å². The third-order valence-electron chi connectivity index (χ3n) is 4.62. The highest BCUT2D eigenvalue weighted by Gasteiger charge is 2.22. The normalized spacial score (nSPS) is 10.8. The maximum Gasteiger partial charge on any atom is 0.316 e. The lowest BCUT2D eigenvalue weighted by Crippen LogP contribution is -2.08. The molecule has 5 nitrogen and oxygen atoms in total. The van der Waals surface area contributed by atoms with E-state index in [2.05, 4.69) is 5.10 Å². The van der Waals surface area contributed by atoms with Gasteiger partial charge in [-0.05, 0) is 30.2 Å². The van der Waals surface area contributed by atoms with Gasteiger partial charge in [0.2, 0.25) is 0 Å². The Morgan fingerprint density at radius 1 is 0.933 bits per heavy atom. The number of fused-ring (bicyclic) bond motifs is 1. The van der Waals surface area contributed by atoms with Crippen LogP contribution in [-0.4, -0.2) is 33.7 Å². The van der Waals surface area contributed by atoms with E-state index in [4.69, 9.17) is 4.74 Å². The van der Waals surface area contributed by atoms with Crippen LogP contribution in [-0.2, 0) is 9.53 Å². The Hall–Kier alpha value is -3.38. The second-order valence-corrected chi connectivity index (χ2v) is 7.54. The lowest BCUT2D eigenvalue weighted by molar-refractivity contribution is -0.139. The number of hydrogen-bond donors (Lipinski definition) is 0. The highest BCUT2D eigenvalue weighted by molar-refractivity contribution is 8.00. The van der Waals surface area contributed by atoms with Gasteiger partial charge in [0.25, 0.3) is 0 Å². The molecule has 2 aromatic heterocycles. The van der Waals surface area contributed by atoms with E-state index in [-0.39, 0.29) is 17.5 Å². The van der Waals surface area contributed by atoms with Crippen molar-refractivity contribution in [3.8, 4) is 11.1 Å². The zero-order valence-electron chi connectivity index (χ0n) is 16.4. The number of rotatable bonds is 7. The van der Waals surface area contributed by atoms with Gasteiger partial charge >= 0.3 is 5.97 Å². The fourth-order valence-electron chi connectivity index (χ4n) is 3.21. The van der Waals surface area contributed by atoms with Crippen LogP contribution < -0.4 is 0 Å². The molecule has 0 atom stereocenters. The monoisotopic (exact) mass is 416 g/mol. The molecule has 0 radical (unpaired) electrons. The fraction of sp³-hybridized carbons (Fsp3) is 0.125. The number of pyridine rings is 1. The van der Waals surface area contributed by atoms with Gasteiger partial charge in [-0.25, -0.2) is 4.52 Å². The standard InChI is InChI=1S/C24H20N2O3S/c1-2-29-21(27)16-30-24-22(20-10-6-7-15-26(20)25-24)23(28)19-13-11-18(12-14-19)17-8-4-3-5-9-17/h3-15H,2,16H2,1H3. The van der Waals surface area contributed by atoms with Gasteiger partial charge in [-0.1, -0.05) is 72.4 Å².